The number of halogens is 1. The Kier molecular flexibility index (Phi) is 4.79. The zero-order valence-corrected chi connectivity index (χ0v) is 20.0. The zero-order valence-electron chi connectivity index (χ0n) is 20.0. The molecule has 4 heterocycles. The number of benzene rings is 3. The Bertz CT molecular complexity index is 1660. The number of carbonyl (C=O) groups excluding carboxylic acids is 3. The number of ketones is 2. The summed E-state index contributed by atoms with van der Waals surface area (Å²) in [5.41, 5.74) is 1.19. The zero-order chi connectivity index (χ0) is 26.0. The van der Waals surface area contributed by atoms with Crippen molar-refractivity contribution in [3.8, 4) is 0 Å². The van der Waals surface area contributed by atoms with Crippen LogP contribution in [0.3, 0.4) is 0 Å². The lowest BCUT2D eigenvalue weighted by Gasteiger charge is -2.38. The summed E-state index contributed by atoms with van der Waals surface area (Å²) < 4.78 is 20.6. The average Bonchev–Trinajstić information content (AvgIpc) is 3.65. The van der Waals surface area contributed by atoms with E-state index in [2.05, 4.69) is 5.32 Å². The van der Waals surface area contributed by atoms with Crippen LogP contribution in [0.2, 0.25) is 0 Å². The maximum absolute atomic E-state index is 15.1. The summed E-state index contributed by atoms with van der Waals surface area (Å²) in [4.78, 5) is 44.6. The second-order valence-corrected chi connectivity index (χ2v) is 9.77. The highest BCUT2D eigenvalue weighted by Crippen LogP contribution is 2.62. The number of hydrogen-bond donors (Lipinski definition) is 1. The summed E-state index contributed by atoms with van der Waals surface area (Å²) in [6.45, 7) is 0. The normalized spacial score (nSPS) is 24.6. The molecule has 4 aromatic rings. The molecule has 1 amide bonds. The van der Waals surface area contributed by atoms with Gasteiger partial charge in [-0.1, -0.05) is 54.6 Å². The maximum atomic E-state index is 15.1. The van der Waals surface area contributed by atoms with Crippen molar-refractivity contribution < 1.29 is 23.2 Å². The van der Waals surface area contributed by atoms with Gasteiger partial charge in [0.1, 0.15) is 17.3 Å². The van der Waals surface area contributed by atoms with Crippen molar-refractivity contribution in [2.45, 2.75) is 17.5 Å². The molecule has 0 aliphatic carbocycles. The van der Waals surface area contributed by atoms with Crippen LogP contribution in [0.1, 0.15) is 43.6 Å². The molecule has 1 N–H and O–H groups in total. The van der Waals surface area contributed by atoms with E-state index < -0.39 is 46.7 Å². The van der Waals surface area contributed by atoms with Gasteiger partial charge in [0.2, 0.25) is 11.7 Å². The summed E-state index contributed by atoms with van der Waals surface area (Å²) in [5.74, 6) is -3.35. The lowest BCUT2D eigenvalue weighted by atomic mass is 9.62. The standard InChI is InChI=1S/C31H21FN2O4/c32-22-12-5-3-10-20(22)27(35)25-26(28(36)24-14-7-17-38-24)34-16-15-18-8-1-2-9-19(18)29(34)31(25)21-11-4-6-13-23(21)33-30(31)37/h1-17,25-26,29H,(H,33,37)/t25-,26-,29+,31+/m0/s1. The van der Waals surface area contributed by atoms with E-state index in [4.69, 9.17) is 4.42 Å². The van der Waals surface area contributed by atoms with Crippen molar-refractivity contribution in [2.24, 2.45) is 5.92 Å². The number of para-hydroxylation sites is 1. The SMILES string of the molecule is O=C(c1ccco1)[C@@H]1[C@@H](C(=O)c2ccccc2F)[C@@]2(C(=O)Nc3ccccc32)[C@H]2c3ccccc3C=CN12. The van der Waals surface area contributed by atoms with Gasteiger partial charge in [0.05, 0.1) is 23.8 Å². The Balaban J connectivity index is 1.56. The molecular weight excluding hydrogens is 483 g/mol. The van der Waals surface area contributed by atoms with Crippen molar-refractivity contribution in [1.82, 2.24) is 4.90 Å². The Morgan fingerprint density at radius 2 is 1.66 bits per heavy atom. The number of nitrogens with zero attached hydrogens (tertiary/aromatic N) is 1. The van der Waals surface area contributed by atoms with Gasteiger partial charge < -0.3 is 14.6 Å². The first-order valence-corrected chi connectivity index (χ1v) is 12.4. The van der Waals surface area contributed by atoms with Gasteiger partial charge in [-0.05, 0) is 53.1 Å². The Morgan fingerprint density at radius 1 is 0.895 bits per heavy atom. The number of furan rings is 1. The molecule has 6 nitrogen and oxygen atoms in total. The molecule has 0 saturated carbocycles. The minimum absolute atomic E-state index is 0.0658. The number of fused-ring (bicyclic) bond motifs is 6. The number of Topliss-reactive ketones (excluding diaryl/α,β-unsaturated/α-hetero) is 2. The fraction of sp³-hybridized carbons (Fsp3) is 0.129. The maximum Gasteiger partial charge on any atom is 0.238 e. The van der Waals surface area contributed by atoms with Crippen LogP contribution in [0.4, 0.5) is 10.1 Å². The van der Waals surface area contributed by atoms with Crippen molar-refractivity contribution in [2.75, 3.05) is 5.32 Å². The molecule has 186 valence electrons. The number of carbonyl (C=O) groups is 3. The van der Waals surface area contributed by atoms with Crippen molar-refractivity contribution >= 4 is 29.2 Å². The predicted molar refractivity (Wildman–Crippen MR) is 138 cm³/mol. The first kappa shape index (κ1) is 22.4. The molecule has 7 rings (SSSR count). The fourth-order valence-electron chi connectivity index (χ4n) is 6.56. The molecule has 1 spiro atoms. The molecule has 3 aliphatic rings. The van der Waals surface area contributed by atoms with E-state index >= 15 is 4.39 Å². The highest BCUT2D eigenvalue weighted by Gasteiger charge is 2.71. The minimum atomic E-state index is -1.51. The number of nitrogens with one attached hydrogen (secondary N) is 1. The quantitative estimate of drug-likeness (QED) is 0.377. The minimum Gasteiger partial charge on any atom is -0.461 e. The molecule has 3 aromatic carbocycles. The van der Waals surface area contributed by atoms with Crippen molar-refractivity contribution in [3.05, 3.63) is 131 Å². The molecule has 38 heavy (non-hydrogen) atoms. The second-order valence-electron chi connectivity index (χ2n) is 9.77. The van der Waals surface area contributed by atoms with Crippen LogP contribution in [0.5, 0.6) is 0 Å². The summed E-state index contributed by atoms with van der Waals surface area (Å²) in [5, 5.41) is 2.97. The third-order valence-electron chi connectivity index (χ3n) is 8.02. The van der Waals surface area contributed by atoms with Crippen LogP contribution >= 0.6 is 0 Å². The van der Waals surface area contributed by atoms with E-state index in [-0.39, 0.29) is 11.3 Å². The Morgan fingerprint density at radius 3 is 2.47 bits per heavy atom. The summed E-state index contributed by atoms with van der Waals surface area (Å²) >= 11 is 0. The summed E-state index contributed by atoms with van der Waals surface area (Å²) in [7, 11) is 0. The molecule has 7 heteroatoms. The van der Waals surface area contributed by atoms with Crippen LogP contribution in [-0.2, 0) is 10.2 Å². The van der Waals surface area contributed by atoms with Gasteiger partial charge in [-0.25, -0.2) is 4.39 Å². The van der Waals surface area contributed by atoms with E-state index in [1.54, 1.807) is 35.4 Å². The highest BCUT2D eigenvalue weighted by molar-refractivity contribution is 6.16. The number of hydrogen-bond acceptors (Lipinski definition) is 5. The molecule has 1 saturated heterocycles. The van der Waals surface area contributed by atoms with Gasteiger partial charge in [-0.15, -0.1) is 0 Å². The predicted octanol–water partition coefficient (Wildman–Crippen LogP) is 5.40. The van der Waals surface area contributed by atoms with Gasteiger partial charge >= 0.3 is 0 Å². The van der Waals surface area contributed by atoms with E-state index in [0.717, 1.165) is 11.1 Å². The summed E-state index contributed by atoms with van der Waals surface area (Å²) in [6.07, 6.45) is 5.03. The van der Waals surface area contributed by atoms with E-state index in [1.165, 1.54) is 30.5 Å². The third kappa shape index (κ3) is 2.84. The van der Waals surface area contributed by atoms with Gasteiger partial charge in [-0.2, -0.15) is 0 Å². The van der Waals surface area contributed by atoms with Gasteiger partial charge in [0.25, 0.3) is 0 Å². The molecule has 1 fully saturated rings. The van der Waals surface area contributed by atoms with Gasteiger partial charge in [0.15, 0.2) is 11.5 Å². The van der Waals surface area contributed by atoms with Gasteiger partial charge in [0, 0.05) is 11.9 Å². The van der Waals surface area contributed by atoms with E-state index in [0.29, 0.717) is 11.3 Å². The first-order chi connectivity index (χ1) is 18.5. The van der Waals surface area contributed by atoms with Gasteiger partial charge in [-0.3, -0.25) is 14.4 Å². The smallest absolute Gasteiger partial charge is 0.238 e. The topological polar surface area (TPSA) is 79.6 Å². The number of anilines is 1. The van der Waals surface area contributed by atoms with E-state index in [9.17, 15) is 14.4 Å². The molecule has 0 unspecified atom stereocenters. The molecule has 1 aromatic heterocycles. The number of amides is 1. The largest absolute Gasteiger partial charge is 0.461 e. The van der Waals surface area contributed by atoms with Crippen LogP contribution in [0.15, 0.2) is 102 Å². The molecule has 0 bridgehead atoms. The fourth-order valence-corrected chi connectivity index (χ4v) is 6.56. The third-order valence-corrected chi connectivity index (χ3v) is 8.02. The van der Waals surface area contributed by atoms with Crippen LogP contribution < -0.4 is 5.32 Å². The molecular formula is C31H21FN2O4. The van der Waals surface area contributed by atoms with Crippen LogP contribution in [0, 0.1) is 11.7 Å². The summed E-state index contributed by atoms with van der Waals surface area (Å²) in [6, 6.07) is 21.8. The Labute approximate surface area is 217 Å². The average molecular weight is 505 g/mol. The Hall–Kier alpha value is -4.78. The molecule has 4 atom stereocenters. The van der Waals surface area contributed by atoms with Crippen molar-refractivity contribution in [1.29, 1.82) is 0 Å². The molecule has 0 radical (unpaired) electrons. The van der Waals surface area contributed by atoms with Crippen LogP contribution in [0.25, 0.3) is 6.08 Å². The lowest BCUT2D eigenvalue weighted by molar-refractivity contribution is -0.122. The van der Waals surface area contributed by atoms with Crippen molar-refractivity contribution in [3.63, 3.8) is 0 Å². The van der Waals surface area contributed by atoms with E-state index in [1.807, 2.05) is 42.5 Å². The monoisotopic (exact) mass is 504 g/mol. The lowest BCUT2D eigenvalue weighted by Crippen LogP contribution is -2.49. The highest BCUT2D eigenvalue weighted by atomic mass is 19.1. The van der Waals surface area contributed by atoms with Crippen LogP contribution in [-0.4, -0.2) is 28.4 Å². The first-order valence-electron chi connectivity index (χ1n) is 12.4. The molecule has 3 aliphatic heterocycles. The second kappa shape index (κ2) is 8.11. The number of rotatable bonds is 4.